The zero-order valence-corrected chi connectivity index (χ0v) is 17.3. The highest BCUT2D eigenvalue weighted by molar-refractivity contribution is 5.98. The molecule has 5 heteroatoms. The topological polar surface area (TPSA) is 86.0 Å². The molecule has 0 aliphatic heterocycles. The summed E-state index contributed by atoms with van der Waals surface area (Å²) < 4.78 is 0. The Bertz CT molecular complexity index is 878. The molecule has 1 amide bonds. The molecule has 0 radical (unpaired) electrons. The second kappa shape index (κ2) is 8.53. The van der Waals surface area contributed by atoms with Crippen LogP contribution in [-0.2, 0) is 10.2 Å². The lowest BCUT2D eigenvalue weighted by atomic mass is 9.74. The van der Waals surface area contributed by atoms with Gasteiger partial charge in [-0.15, -0.1) is 0 Å². The van der Waals surface area contributed by atoms with Crippen molar-refractivity contribution in [2.75, 3.05) is 5.32 Å². The summed E-state index contributed by atoms with van der Waals surface area (Å²) >= 11 is 0. The average molecular weight is 380 g/mol. The zero-order chi connectivity index (χ0) is 20.9. The number of aliphatic hydroxyl groups is 1. The van der Waals surface area contributed by atoms with E-state index in [1.54, 1.807) is 13.1 Å². The van der Waals surface area contributed by atoms with Crippen molar-refractivity contribution in [1.29, 1.82) is 5.26 Å². The van der Waals surface area contributed by atoms with Gasteiger partial charge in [0, 0.05) is 40.3 Å². The number of nitriles is 1. The molecule has 5 nitrogen and oxygen atoms in total. The first-order valence-corrected chi connectivity index (χ1v) is 9.52. The summed E-state index contributed by atoms with van der Waals surface area (Å²) in [6, 6.07) is 13.5. The first-order chi connectivity index (χ1) is 13.1. The third-order valence-corrected chi connectivity index (χ3v) is 5.17. The minimum atomic E-state index is -0.689. The molecule has 148 valence electrons. The van der Waals surface area contributed by atoms with Crippen LogP contribution in [0.25, 0.3) is 11.1 Å². The van der Waals surface area contributed by atoms with Gasteiger partial charge in [0.25, 0.3) is 0 Å². The van der Waals surface area contributed by atoms with Gasteiger partial charge in [0.05, 0.1) is 17.9 Å². The van der Waals surface area contributed by atoms with E-state index < -0.39 is 16.9 Å². The second-order valence-corrected chi connectivity index (χ2v) is 8.40. The minimum absolute atomic E-state index is 0.0758. The van der Waals surface area contributed by atoms with E-state index in [1.165, 1.54) is 0 Å². The number of nitrogens with one attached hydrogen (secondary N) is 1. The van der Waals surface area contributed by atoms with Gasteiger partial charge in [0.1, 0.15) is 0 Å². The summed E-state index contributed by atoms with van der Waals surface area (Å²) in [5.41, 5.74) is 1.89. The summed E-state index contributed by atoms with van der Waals surface area (Å²) in [6.45, 7) is 9.26. The van der Waals surface area contributed by atoms with Crippen molar-refractivity contribution >= 4 is 11.6 Å². The number of aromatic nitrogens is 1. The molecule has 1 aromatic heterocycles. The lowest BCUT2D eigenvalue weighted by Gasteiger charge is -2.33. The molecule has 28 heavy (non-hydrogen) atoms. The van der Waals surface area contributed by atoms with Crippen molar-refractivity contribution < 1.29 is 9.90 Å². The van der Waals surface area contributed by atoms with E-state index in [9.17, 15) is 9.90 Å². The van der Waals surface area contributed by atoms with Crippen LogP contribution in [0.1, 0.15) is 53.2 Å². The lowest BCUT2D eigenvalue weighted by Crippen LogP contribution is -2.36. The molecule has 0 aliphatic carbocycles. The van der Waals surface area contributed by atoms with E-state index in [4.69, 9.17) is 5.26 Å². The first-order valence-electron chi connectivity index (χ1n) is 9.52. The Kier molecular flexibility index (Phi) is 6.58. The molecule has 2 unspecified atom stereocenters. The fourth-order valence-electron chi connectivity index (χ4n) is 3.06. The minimum Gasteiger partial charge on any atom is -0.392 e. The van der Waals surface area contributed by atoms with Crippen LogP contribution in [0.5, 0.6) is 0 Å². The maximum absolute atomic E-state index is 12.5. The number of nitrogens with zero attached hydrogens (tertiary/aromatic N) is 2. The molecule has 0 saturated carbocycles. The van der Waals surface area contributed by atoms with Gasteiger partial charge < -0.3 is 10.4 Å². The summed E-state index contributed by atoms with van der Waals surface area (Å²) in [5.74, 6) is -0.0758. The number of benzene rings is 1. The maximum atomic E-state index is 12.5. The molecular weight excluding hydrogens is 350 g/mol. The van der Waals surface area contributed by atoms with Crippen molar-refractivity contribution in [3.05, 3.63) is 48.3 Å². The number of rotatable bonds is 6. The number of aliphatic hydroxyl groups excluding tert-OH is 1. The van der Waals surface area contributed by atoms with Gasteiger partial charge in [-0.25, -0.2) is 0 Å². The van der Waals surface area contributed by atoms with Crippen molar-refractivity contribution in [2.45, 2.75) is 59.0 Å². The van der Waals surface area contributed by atoms with Gasteiger partial charge in [-0.2, -0.15) is 5.26 Å². The summed E-state index contributed by atoms with van der Waals surface area (Å²) in [4.78, 5) is 17.1. The maximum Gasteiger partial charge on any atom is 0.229 e. The number of anilines is 1. The van der Waals surface area contributed by atoms with Crippen LogP contribution in [0.3, 0.4) is 0 Å². The molecule has 1 heterocycles. The normalized spacial score (nSPS) is 14.6. The Morgan fingerprint density at radius 2 is 1.82 bits per heavy atom. The number of carbonyl (C=O) groups is 1. The Labute approximate surface area is 167 Å². The molecule has 0 saturated heterocycles. The van der Waals surface area contributed by atoms with Crippen LogP contribution < -0.4 is 5.32 Å². The monoisotopic (exact) mass is 379 g/mol. The molecule has 2 rings (SSSR count). The molecule has 2 N–H and O–H groups in total. The van der Waals surface area contributed by atoms with Gasteiger partial charge in [-0.3, -0.25) is 9.78 Å². The fraction of sp³-hybridized carbons (Fsp3) is 0.435. The smallest absolute Gasteiger partial charge is 0.229 e. The quantitative estimate of drug-likeness (QED) is 0.763. The van der Waals surface area contributed by atoms with Crippen LogP contribution in [0.4, 0.5) is 5.69 Å². The Morgan fingerprint density at radius 1 is 1.18 bits per heavy atom. The van der Waals surface area contributed by atoms with Crippen LogP contribution in [0, 0.1) is 16.7 Å². The highest BCUT2D eigenvalue weighted by atomic mass is 16.3. The van der Waals surface area contributed by atoms with Gasteiger partial charge in [0.2, 0.25) is 5.91 Å². The molecule has 2 aromatic rings. The molecular formula is C23H29N3O2. The van der Waals surface area contributed by atoms with Gasteiger partial charge in [0.15, 0.2) is 0 Å². The predicted molar refractivity (Wildman–Crippen MR) is 112 cm³/mol. The number of carbonyl (C=O) groups excluding carboxylic acids is 1. The number of hydrogen-bond donors (Lipinski definition) is 2. The molecule has 0 aliphatic rings. The standard InChI is InChI=1S/C23H29N3O2/c1-16(27)23(5,13-9-14-24)20-18(11-8-15-25-20)17-10-6-7-12-19(17)26-21(28)22(2,3)4/h6-8,10-12,15-16,27H,9,13H2,1-5H3,(H,26,28). The largest absolute Gasteiger partial charge is 0.392 e. The molecule has 0 fully saturated rings. The van der Waals surface area contributed by atoms with E-state index in [0.29, 0.717) is 18.5 Å². The zero-order valence-electron chi connectivity index (χ0n) is 17.3. The van der Waals surface area contributed by atoms with Gasteiger partial charge in [-0.1, -0.05) is 52.0 Å². The van der Waals surface area contributed by atoms with Gasteiger partial charge >= 0.3 is 0 Å². The fourth-order valence-corrected chi connectivity index (χ4v) is 3.06. The van der Waals surface area contributed by atoms with E-state index in [-0.39, 0.29) is 5.91 Å². The van der Waals surface area contributed by atoms with Crippen molar-refractivity contribution in [3.8, 4) is 17.2 Å². The number of para-hydroxylation sites is 1. The molecule has 0 spiro atoms. The van der Waals surface area contributed by atoms with Crippen molar-refractivity contribution in [2.24, 2.45) is 5.41 Å². The Hall–Kier alpha value is -2.71. The van der Waals surface area contributed by atoms with Gasteiger partial charge in [-0.05, 0) is 25.5 Å². The lowest BCUT2D eigenvalue weighted by molar-refractivity contribution is -0.123. The summed E-state index contributed by atoms with van der Waals surface area (Å²) in [6.07, 6.45) is 1.81. The predicted octanol–water partition coefficient (Wildman–Crippen LogP) is 4.68. The third-order valence-electron chi connectivity index (χ3n) is 5.17. The number of hydrogen-bond acceptors (Lipinski definition) is 4. The highest BCUT2D eigenvalue weighted by Crippen LogP contribution is 2.40. The van der Waals surface area contributed by atoms with Crippen LogP contribution >= 0.6 is 0 Å². The second-order valence-electron chi connectivity index (χ2n) is 8.40. The van der Waals surface area contributed by atoms with Crippen molar-refractivity contribution in [1.82, 2.24) is 4.98 Å². The van der Waals surface area contributed by atoms with E-state index in [0.717, 1.165) is 16.8 Å². The molecule has 2 atom stereocenters. The Balaban J connectivity index is 2.60. The SMILES string of the molecule is CC(O)C(C)(CCC#N)c1ncccc1-c1ccccc1NC(=O)C(C)(C)C. The van der Waals surface area contributed by atoms with Crippen LogP contribution in [0.15, 0.2) is 42.6 Å². The van der Waals surface area contributed by atoms with E-state index in [1.807, 2.05) is 64.1 Å². The third kappa shape index (κ3) is 4.58. The summed E-state index contributed by atoms with van der Waals surface area (Å²) in [5, 5.41) is 22.6. The number of pyridine rings is 1. The first kappa shape index (κ1) is 21.6. The number of amides is 1. The van der Waals surface area contributed by atoms with E-state index in [2.05, 4.69) is 16.4 Å². The van der Waals surface area contributed by atoms with Crippen LogP contribution in [0.2, 0.25) is 0 Å². The molecule has 1 aromatic carbocycles. The summed E-state index contributed by atoms with van der Waals surface area (Å²) in [7, 11) is 0. The molecule has 0 bridgehead atoms. The van der Waals surface area contributed by atoms with Crippen molar-refractivity contribution in [3.63, 3.8) is 0 Å². The average Bonchev–Trinajstić information content (AvgIpc) is 2.65. The Morgan fingerprint density at radius 3 is 2.43 bits per heavy atom. The highest BCUT2D eigenvalue weighted by Gasteiger charge is 2.36. The van der Waals surface area contributed by atoms with Crippen LogP contribution in [-0.4, -0.2) is 22.1 Å². The van der Waals surface area contributed by atoms with E-state index >= 15 is 0 Å².